The Morgan fingerprint density at radius 3 is 2.68 bits per heavy atom. The summed E-state index contributed by atoms with van der Waals surface area (Å²) in [6, 6.07) is 4.47. The van der Waals surface area contributed by atoms with Crippen LogP contribution in [0.15, 0.2) is 27.4 Å². The van der Waals surface area contributed by atoms with E-state index in [0.29, 0.717) is 14.9 Å². The molecule has 19 heavy (non-hydrogen) atoms. The molecular formula is C10H11N5O2S2. The molecule has 100 valence electrons. The van der Waals surface area contributed by atoms with Gasteiger partial charge in [0.1, 0.15) is 0 Å². The number of aromatic nitrogens is 2. The number of nitro groups is 1. The second-order valence-electron chi connectivity index (χ2n) is 3.86. The summed E-state index contributed by atoms with van der Waals surface area (Å²) < 4.78 is 0.712. The lowest BCUT2D eigenvalue weighted by Crippen LogP contribution is -2.07. The highest BCUT2D eigenvalue weighted by Gasteiger charge is 2.12. The van der Waals surface area contributed by atoms with Crippen molar-refractivity contribution in [2.75, 3.05) is 24.7 Å². The molecule has 1 aromatic heterocycles. The molecule has 2 aromatic rings. The van der Waals surface area contributed by atoms with Gasteiger partial charge in [-0.2, -0.15) is 0 Å². The predicted molar refractivity (Wildman–Crippen MR) is 75.9 cm³/mol. The molecule has 1 aromatic carbocycles. The Morgan fingerprint density at radius 1 is 1.37 bits per heavy atom. The zero-order chi connectivity index (χ0) is 14.0. The second kappa shape index (κ2) is 5.41. The number of nitrogens with zero attached hydrogens (tertiary/aromatic N) is 4. The SMILES string of the molecule is CN(C)c1nnc(Sc2cc(N)cc([N+](=O)[O-])c2)s1. The number of rotatable bonds is 4. The van der Waals surface area contributed by atoms with Crippen molar-refractivity contribution < 1.29 is 4.92 Å². The summed E-state index contributed by atoms with van der Waals surface area (Å²) in [6.07, 6.45) is 0. The van der Waals surface area contributed by atoms with Gasteiger partial charge in [-0.1, -0.05) is 23.1 Å². The predicted octanol–water partition coefficient (Wildman–Crippen LogP) is 2.25. The highest BCUT2D eigenvalue weighted by Crippen LogP contribution is 2.35. The number of hydrogen-bond acceptors (Lipinski definition) is 8. The number of non-ortho nitro benzene ring substituents is 1. The number of nitrogens with two attached hydrogens (primary N) is 1. The van der Waals surface area contributed by atoms with Crippen LogP contribution in [0.1, 0.15) is 0 Å². The maximum atomic E-state index is 10.8. The van der Waals surface area contributed by atoms with E-state index in [1.54, 1.807) is 6.07 Å². The fourth-order valence-electron chi connectivity index (χ4n) is 1.30. The summed E-state index contributed by atoms with van der Waals surface area (Å²) in [6.45, 7) is 0. The van der Waals surface area contributed by atoms with Crippen LogP contribution < -0.4 is 10.6 Å². The molecule has 0 bridgehead atoms. The summed E-state index contributed by atoms with van der Waals surface area (Å²) in [5.41, 5.74) is 5.97. The highest BCUT2D eigenvalue weighted by molar-refractivity contribution is 8.01. The minimum Gasteiger partial charge on any atom is -0.398 e. The fraction of sp³-hybridized carbons (Fsp3) is 0.200. The summed E-state index contributed by atoms with van der Waals surface area (Å²) in [5.74, 6) is 0. The van der Waals surface area contributed by atoms with Crippen molar-refractivity contribution in [3.63, 3.8) is 0 Å². The van der Waals surface area contributed by atoms with Gasteiger partial charge < -0.3 is 10.6 Å². The Balaban J connectivity index is 2.24. The number of nitro benzene ring substituents is 1. The first-order chi connectivity index (χ1) is 8.95. The molecule has 2 rings (SSSR count). The monoisotopic (exact) mass is 297 g/mol. The zero-order valence-electron chi connectivity index (χ0n) is 10.2. The lowest BCUT2D eigenvalue weighted by Gasteiger charge is -2.03. The van der Waals surface area contributed by atoms with Crippen LogP contribution in [0.3, 0.4) is 0 Å². The normalized spacial score (nSPS) is 10.4. The average Bonchev–Trinajstić information content (AvgIpc) is 2.76. The van der Waals surface area contributed by atoms with Gasteiger partial charge in [-0.15, -0.1) is 10.2 Å². The van der Waals surface area contributed by atoms with Crippen LogP contribution in [-0.4, -0.2) is 29.2 Å². The molecule has 0 aliphatic carbocycles. The van der Waals surface area contributed by atoms with Gasteiger partial charge in [0.05, 0.1) is 4.92 Å². The molecule has 0 saturated carbocycles. The van der Waals surface area contributed by atoms with E-state index in [4.69, 9.17) is 5.73 Å². The first-order valence-corrected chi connectivity index (χ1v) is 6.82. The number of anilines is 2. The number of hydrogen-bond donors (Lipinski definition) is 1. The van der Waals surface area contributed by atoms with E-state index in [-0.39, 0.29) is 5.69 Å². The van der Waals surface area contributed by atoms with Gasteiger partial charge in [-0.05, 0) is 6.07 Å². The standard InChI is InChI=1S/C10H11N5O2S2/c1-14(2)9-12-13-10(19-9)18-8-4-6(11)3-7(5-8)15(16)17/h3-5H,11H2,1-2H3. The summed E-state index contributed by atoms with van der Waals surface area (Å²) in [7, 11) is 3.75. The van der Waals surface area contributed by atoms with Gasteiger partial charge in [0.25, 0.3) is 5.69 Å². The largest absolute Gasteiger partial charge is 0.398 e. The van der Waals surface area contributed by atoms with Crippen LogP contribution in [0.5, 0.6) is 0 Å². The van der Waals surface area contributed by atoms with E-state index < -0.39 is 4.92 Å². The summed E-state index contributed by atoms with van der Waals surface area (Å²) >= 11 is 2.72. The Bertz CT molecular complexity index is 614. The van der Waals surface area contributed by atoms with Crippen molar-refractivity contribution in [2.45, 2.75) is 9.24 Å². The molecule has 0 unspecified atom stereocenters. The van der Waals surface area contributed by atoms with Crippen LogP contribution in [0.25, 0.3) is 0 Å². The molecule has 0 aliphatic rings. The van der Waals surface area contributed by atoms with Gasteiger partial charge in [-0.25, -0.2) is 0 Å². The molecule has 0 amide bonds. The van der Waals surface area contributed by atoms with Gasteiger partial charge in [-0.3, -0.25) is 10.1 Å². The molecule has 2 N–H and O–H groups in total. The van der Waals surface area contributed by atoms with E-state index in [9.17, 15) is 10.1 Å². The molecule has 9 heteroatoms. The second-order valence-corrected chi connectivity index (χ2v) is 6.14. The Labute approximate surface area is 117 Å². The van der Waals surface area contributed by atoms with Crippen molar-refractivity contribution in [1.29, 1.82) is 0 Å². The maximum absolute atomic E-state index is 10.8. The number of benzene rings is 1. The molecule has 0 saturated heterocycles. The third-order valence-corrected chi connectivity index (χ3v) is 4.22. The Kier molecular flexibility index (Phi) is 3.86. The van der Waals surface area contributed by atoms with E-state index in [1.165, 1.54) is 35.2 Å². The van der Waals surface area contributed by atoms with E-state index >= 15 is 0 Å². The quantitative estimate of drug-likeness (QED) is 0.525. The molecule has 1 heterocycles. The molecule has 0 radical (unpaired) electrons. The van der Waals surface area contributed by atoms with E-state index in [2.05, 4.69) is 10.2 Å². The fourth-order valence-corrected chi connectivity index (χ4v) is 3.13. The minimum atomic E-state index is -0.466. The van der Waals surface area contributed by atoms with Crippen molar-refractivity contribution in [3.8, 4) is 0 Å². The molecule has 0 aliphatic heterocycles. The molecule has 7 nitrogen and oxygen atoms in total. The van der Waals surface area contributed by atoms with Crippen molar-refractivity contribution >= 4 is 39.6 Å². The van der Waals surface area contributed by atoms with Gasteiger partial charge in [0.2, 0.25) is 5.13 Å². The summed E-state index contributed by atoms with van der Waals surface area (Å²) in [5, 5.41) is 19.6. The highest BCUT2D eigenvalue weighted by atomic mass is 32.2. The zero-order valence-corrected chi connectivity index (χ0v) is 11.9. The van der Waals surface area contributed by atoms with Crippen molar-refractivity contribution in [2.24, 2.45) is 0 Å². The number of nitrogen functional groups attached to an aromatic ring is 1. The third kappa shape index (κ3) is 3.32. The van der Waals surface area contributed by atoms with Gasteiger partial charge in [0.15, 0.2) is 4.34 Å². The first kappa shape index (κ1) is 13.6. The first-order valence-electron chi connectivity index (χ1n) is 5.19. The average molecular weight is 297 g/mol. The third-order valence-electron chi connectivity index (χ3n) is 2.11. The molecule has 0 fully saturated rings. The Hall–Kier alpha value is -1.87. The molecule has 0 atom stereocenters. The van der Waals surface area contributed by atoms with Crippen molar-refractivity contribution in [3.05, 3.63) is 28.3 Å². The van der Waals surface area contributed by atoms with E-state index in [1.807, 2.05) is 19.0 Å². The smallest absolute Gasteiger partial charge is 0.272 e. The lowest BCUT2D eigenvalue weighted by atomic mass is 10.3. The van der Waals surface area contributed by atoms with Crippen LogP contribution in [0, 0.1) is 10.1 Å². The van der Waals surface area contributed by atoms with E-state index in [0.717, 1.165) is 5.13 Å². The lowest BCUT2D eigenvalue weighted by molar-refractivity contribution is -0.385. The van der Waals surface area contributed by atoms with Crippen LogP contribution >= 0.6 is 23.1 Å². The topological polar surface area (TPSA) is 98.2 Å². The summed E-state index contributed by atoms with van der Waals surface area (Å²) in [4.78, 5) is 12.8. The van der Waals surface area contributed by atoms with Gasteiger partial charge >= 0.3 is 0 Å². The van der Waals surface area contributed by atoms with Crippen LogP contribution in [0.2, 0.25) is 0 Å². The minimum absolute atomic E-state index is 0.0279. The molecule has 0 spiro atoms. The van der Waals surface area contributed by atoms with Gasteiger partial charge in [0, 0.05) is 36.8 Å². The van der Waals surface area contributed by atoms with Crippen LogP contribution in [-0.2, 0) is 0 Å². The maximum Gasteiger partial charge on any atom is 0.272 e. The molecular weight excluding hydrogens is 286 g/mol. The van der Waals surface area contributed by atoms with Crippen LogP contribution in [0.4, 0.5) is 16.5 Å². The van der Waals surface area contributed by atoms with Crippen molar-refractivity contribution in [1.82, 2.24) is 10.2 Å². The Morgan fingerprint density at radius 2 is 2.11 bits per heavy atom.